The highest BCUT2D eigenvalue weighted by molar-refractivity contribution is 6.46. The van der Waals surface area contributed by atoms with Crippen molar-refractivity contribution < 1.29 is 14.5 Å². The van der Waals surface area contributed by atoms with Gasteiger partial charge in [0.2, 0.25) is 0 Å². The molecule has 33 heavy (non-hydrogen) atoms. The molecule has 2 amide bonds. The van der Waals surface area contributed by atoms with Crippen molar-refractivity contribution in [2.75, 3.05) is 10.2 Å². The van der Waals surface area contributed by atoms with Crippen LogP contribution in [0.15, 0.2) is 72.4 Å². The number of carbonyl (C=O) groups excluding carboxylic acids is 2. The molecule has 8 nitrogen and oxygen atoms in total. The summed E-state index contributed by atoms with van der Waals surface area (Å²) in [4.78, 5) is 38.4. The van der Waals surface area contributed by atoms with E-state index < -0.39 is 16.7 Å². The first-order valence-corrected chi connectivity index (χ1v) is 10.0. The van der Waals surface area contributed by atoms with Crippen LogP contribution in [0.4, 0.5) is 17.1 Å². The van der Waals surface area contributed by atoms with Crippen LogP contribution in [0.25, 0.3) is 5.57 Å². The van der Waals surface area contributed by atoms with Gasteiger partial charge in [0.15, 0.2) is 0 Å². The van der Waals surface area contributed by atoms with Crippen LogP contribution in [0, 0.1) is 35.3 Å². The molecule has 0 saturated carbocycles. The summed E-state index contributed by atoms with van der Waals surface area (Å²) in [5, 5.41) is 23.2. The minimum atomic E-state index is -0.564. The molecule has 0 aromatic heterocycles. The molecule has 1 aliphatic rings. The summed E-state index contributed by atoms with van der Waals surface area (Å²) in [6, 6.07) is 19.3. The molecular formula is C25H18N4O4. The summed E-state index contributed by atoms with van der Waals surface area (Å²) in [6.45, 7) is 3.80. The highest BCUT2D eigenvalue weighted by Crippen LogP contribution is 2.35. The number of nitro groups is 1. The fourth-order valence-corrected chi connectivity index (χ4v) is 3.59. The fraction of sp³-hybridized carbons (Fsp3) is 0.0800. The number of non-ortho nitro benzene ring substituents is 1. The smallest absolute Gasteiger partial charge is 0.282 e. The van der Waals surface area contributed by atoms with E-state index in [-0.39, 0.29) is 17.0 Å². The van der Waals surface area contributed by atoms with Crippen LogP contribution in [0.1, 0.15) is 22.3 Å². The molecule has 3 aromatic carbocycles. The Bertz CT molecular complexity index is 1370. The monoisotopic (exact) mass is 438 g/mol. The van der Waals surface area contributed by atoms with Gasteiger partial charge >= 0.3 is 0 Å². The van der Waals surface area contributed by atoms with Crippen LogP contribution >= 0.6 is 0 Å². The van der Waals surface area contributed by atoms with E-state index in [0.29, 0.717) is 22.5 Å². The van der Waals surface area contributed by atoms with E-state index in [1.807, 2.05) is 38.1 Å². The van der Waals surface area contributed by atoms with Crippen LogP contribution in [-0.2, 0) is 9.59 Å². The van der Waals surface area contributed by atoms with Gasteiger partial charge in [-0.05, 0) is 73.0 Å². The van der Waals surface area contributed by atoms with Crippen LogP contribution in [0.2, 0.25) is 0 Å². The van der Waals surface area contributed by atoms with Gasteiger partial charge in [0, 0.05) is 17.8 Å². The highest BCUT2D eigenvalue weighted by atomic mass is 16.6. The number of benzene rings is 3. The molecule has 0 fully saturated rings. The number of rotatable bonds is 5. The van der Waals surface area contributed by atoms with Crippen molar-refractivity contribution in [3.63, 3.8) is 0 Å². The Kier molecular flexibility index (Phi) is 5.46. The molecule has 0 bridgehead atoms. The second-order valence-corrected chi connectivity index (χ2v) is 7.60. The standard InChI is InChI=1S/C25H18N4O4/c1-15-3-4-16(2)21(13-15)27-23-22(18-7-11-20(12-8-18)29(32)33)24(30)28(25(23)31)19-9-5-17(14-26)6-10-19/h3-13,27H,1-2H3. The summed E-state index contributed by atoms with van der Waals surface area (Å²) in [5.74, 6) is -1.12. The zero-order valence-corrected chi connectivity index (χ0v) is 17.8. The zero-order valence-electron chi connectivity index (χ0n) is 17.8. The first-order valence-electron chi connectivity index (χ1n) is 10.0. The quantitative estimate of drug-likeness (QED) is 0.357. The van der Waals surface area contributed by atoms with Crippen molar-refractivity contribution in [3.8, 4) is 6.07 Å². The van der Waals surface area contributed by atoms with Crippen LogP contribution in [-0.4, -0.2) is 16.7 Å². The molecule has 0 saturated heterocycles. The molecule has 0 spiro atoms. The van der Waals surface area contributed by atoms with E-state index in [1.54, 1.807) is 0 Å². The second kappa shape index (κ2) is 8.40. The molecule has 4 rings (SSSR count). The van der Waals surface area contributed by atoms with Crippen LogP contribution in [0.5, 0.6) is 0 Å². The van der Waals surface area contributed by atoms with E-state index in [1.165, 1.54) is 48.5 Å². The number of imide groups is 1. The lowest BCUT2D eigenvalue weighted by atomic mass is 10.0. The van der Waals surface area contributed by atoms with E-state index in [0.717, 1.165) is 16.0 Å². The lowest BCUT2D eigenvalue weighted by Crippen LogP contribution is -2.32. The number of carbonyl (C=O) groups is 2. The average Bonchev–Trinajstić information content (AvgIpc) is 3.05. The van der Waals surface area contributed by atoms with Gasteiger partial charge in [-0.15, -0.1) is 0 Å². The molecule has 0 radical (unpaired) electrons. The van der Waals surface area contributed by atoms with Crippen LogP contribution in [0.3, 0.4) is 0 Å². The number of hydrogen-bond acceptors (Lipinski definition) is 6. The number of aryl methyl sites for hydroxylation is 2. The molecule has 0 unspecified atom stereocenters. The van der Waals surface area contributed by atoms with Crippen molar-refractivity contribution in [1.82, 2.24) is 0 Å². The highest BCUT2D eigenvalue weighted by Gasteiger charge is 2.40. The van der Waals surface area contributed by atoms with Gasteiger partial charge in [0.1, 0.15) is 5.70 Å². The number of amides is 2. The SMILES string of the molecule is Cc1ccc(C)c(NC2=C(c3ccc([N+](=O)[O-])cc3)C(=O)N(c3ccc(C#N)cc3)C2=O)c1. The van der Waals surface area contributed by atoms with Gasteiger partial charge in [-0.3, -0.25) is 19.7 Å². The van der Waals surface area contributed by atoms with E-state index in [9.17, 15) is 19.7 Å². The predicted octanol–water partition coefficient (Wildman–Crippen LogP) is 4.48. The van der Waals surface area contributed by atoms with Gasteiger partial charge in [0.05, 0.1) is 27.8 Å². The van der Waals surface area contributed by atoms with Gasteiger partial charge in [0.25, 0.3) is 17.5 Å². The summed E-state index contributed by atoms with van der Waals surface area (Å²) in [6.07, 6.45) is 0. The third-order valence-corrected chi connectivity index (χ3v) is 5.36. The predicted molar refractivity (Wildman–Crippen MR) is 123 cm³/mol. The molecule has 1 heterocycles. The average molecular weight is 438 g/mol. The van der Waals surface area contributed by atoms with E-state index in [2.05, 4.69) is 5.32 Å². The third kappa shape index (κ3) is 3.95. The second-order valence-electron chi connectivity index (χ2n) is 7.60. The molecule has 3 aromatic rings. The topological polar surface area (TPSA) is 116 Å². The lowest BCUT2D eigenvalue weighted by Gasteiger charge is -2.16. The Labute approximate surface area is 189 Å². The van der Waals surface area contributed by atoms with Crippen molar-refractivity contribution >= 4 is 34.4 Å². The van der Waals surface area contributed by atoms with Gasteiger partial charge < -0.3 is 5.32 Å². The third-order valence-electron chi connectivity index (χ3n) is 5.36. The van der Waals surface area contributed by atoms with Crippen LogP contribution < -0.4 is 10.2 Å². The van der Waals surface area contributed by atoms with Crippen molar-refractivity contribution in [3.05, 3.63) is 105 Å². The van der Waals surface area contributed by atoms with Gasteiger partial charge in [-0.2, -0.15) is 5.26 Å². The molecule has 8 heteroatoms. The van der Waals surface area contributed by atoms with Gasteiger partial charge in [-0.1, -0.05) is 12.1 Å². The minimum absolute atomic E-state index is 0.0758. The van der Waals surface area contributed by atoms with E-state index in [4.69, 9.17) is 5.26 Å². The number of nitrogens with one attached hydrogen (secondary N) is 1. The summed E-state index contributed by atoms with van der Waals surface area (Å²) >= 11 is 0. The maximum atomic E-state index is 13.5. The Balaban J connectivity index is 1.83. The number of anilines is 2. The summed E-state index contributed by atoms with van der Waals surface area (Å²) < 4.78 is 0. The fourth-order valence-electron chi connectivity index (χ4n) is 3.59. The van der Waals surface area contributed by atoms with Crippen molar-refractivity contribution in [2.24, 2.45) is 0 Å². The van der Waals surface area contributed by atoms with Crippen molar-refractivity contribution in [2.45, 2.75) is 13.8 Å². The number of hydrogen-bond donors (Lipinski definition) is 1. The summed E-state index contributed by atoms with van der Waals surface area (Å²) in [5.41, 5.74) is 3.69. The molecular weight excluding hydrogens is 420 g/mol. The van der Waals surface area contributed by atoms with Crippen molar-refractivity contribution in [1.29, 1.82) is 5.26 Å². The van der Waals surface area contributed by atoms with E-state index >= 15 is 0 Å². The number of nitriles is 1. The number of nitro benzene ring substituents is 1. The lowest BCUT2D eigenvalue weighted by molar-refractivity contribution is -0.384. The Morgan fingerprint density at radius 2 is 1.61 bits per heavy atom. The first kappa shape index (κ1) is 21.5. The molecule has 1 aliphatic heterocycles. The maximum Gasteiger partial charge on any atom is 0.282 e. The minimum Gasteiger partial charge on any atom is -0.350 e. The molecule has 0 aliphatic carbocycles. The summed E-state index contributed by atoms with van der Waals surface area (Å²) in [7, 11) is 0. The Morgan fingerprint density at radius 1 is 0.939 bits per heavy atom. The number of nitrogens with zero attached hydrogens (tertiary/aromatic N) is 3. The molecule has 0 atom stereocenters. The first-order chi connectivity index (χ1) is 15.8. The Morgan fingerprint density at radius 3 is 2.21 bits per heavy atom. The van der Waals surface area contributed by atoms with Gasteiger partial charge in [-0.25, -0.2) is 4.90 Å². The Hall–Kier alpha value is -4.77. The zero-order chi connectivity index (χ0) is 23.7. The molecule has 1 N–H and O–H groups in total. The largest absolute Gasteiger partial charge is 0.350 e. The maximum absolute atomic E-state index is 13.5. The normalized spacial score (nSPS) is 13.3. The molecule has 162 valence electrons.